The predicted octanol–water partition coefficient (Wildman–Crippen LogP) is 3.64. The minimum Gasteiger partial charge on any atom is -0.341 e. The largest absolute Gasteiger partial charge is 0.361 e. The number of nitrogens with one attached hydrogen (secondary N) is 2. The van der Waals surface area contributed by atoms with E-state index < -0.39 is 25.1 Å². The molecule has 4 rings (SSSR count). The van der Waals surface area contributed by atoms with Crippen LogP contribution in [0.25, 0.3) is 11.5 Å². The number of hydrogen-bond acceptors (Lipinski definition) is 8. The van der Waals surface area contributed by atoms with Crippen molar-refractivity contribution < 1.29 is 18.4 Å². The highest BCUT2D eigenvalue weighted by atomic mass is 31.2. The standard InChI is InChI=1S/C26H26N5O5P/c1-3-35-37(34,36-4-2)20-14-12-19(13-15-20)23(18-9-6-5-7-10-18)29-25(32)21-17-27-24(30-26(21)33)22-11-8-16-28-31-22/h5-17,23H,3-4H2,1-2H3,(H,29,32)(H,27,30,33). The molecule has 2 aromatic heterocycles. The summed E-state index contributed by atoms with van der Waals surface area (Å²) in [5.41, 5.74) is 1.13. The van der Waals surface area contributed by atoms with Gasteiger partial charge >= 0.3 is 7.60 Å². The summed E-state index contributed by atoms with van der Waals surface area (Å²) >= 11 is 0. The minimum atomic E-state index is -3.46. The second-order valence-electron chi connectivity index (χ2n) is 7.83. The molecule has 0 radical (unpaired) electrons. The lowest BCUT2D eigenvalue weighted by atomic mass is 9.98. The van der Waals surface area contributed by atoms with Crippen LogP contribution >= 0.6 is 7.60 Å². The average molecular weight is 519 g/mol. The van der Waals surface area contributed by atoms with Crippen LogP contribution in [0.4, 0.5) is 0 Å². The molecule has 11 heteroatoms. The highest BCUT2D eigenvalue weighted by Crippen LogP contribution is 2.46. The number of carbonyl (C=O) groups is 1. The lowest BCUT2D eigenvalue weighted by Gasteiger charge is -2.21. The molecule has 4 aromatic rings. The third kappa shape index (κ3) is 6.06. The maximum Gasteiger partial charge on any atom is 0.361 e. The second kappa shape index (κ2) is 11.8. The fraction of sp³-hybridized carbons (Fsp3) is 0.192. The van der Waals surface area contributed by atoms with Crippen LogP contribution in [-0.4, -0.2) is 39.3 Å². The maximum atomic E-state index is 13.2. The Labute approximate surface area is 213 Å². The SMILES string of the molecule is CCOP(=O)(OCC)c1ccc(C(NC(=O)c2cnc(-c3cccnn3)[nH]c2=O)c2ccccc2)cc1. The van der Waals surface area contributed by atoms with E-state index in [1.807, 2.05) is 30.3 Å². The van der Waals surface area contributed by atoms with Gasteiger partial charge in [-0.05, 0) is 49.2 Å². The van der Waals surface area contributed by atoms with E-state index in [1.165, 1.54) is 12.4 Å². The molecule has 1 amide bonds. The first-order valence-electron chi connectivity index (χ1n) is 11.7. The number of aromatic amines is 1. The van der Waals surface area contributed by atoms with E-state index in [0.29, 0.717) is 16.6 Å². The van der Waals surface area contributed by atoms with Crippen molar-refractivity contribution in [2.45, 2.75) is 19.9 Å². The van der Waals surface area contributed by atoms with Crippen LogP contribution in [0.1, 0.15) is 41.4 Å². The molecule has 37 heavy (non-hydrogen) atoms. The van der Waals surface area contributed by atoms with Crippen molar-refractivity contribution in [1.29, 1.82) is 0 Å². The van der Waals surface area contributed by atoms with E-state index in [1.54, 1.807) is 50.2 Å². The van der Waals surface area contributed by atoms with Gasteiger partial charge in [-0.25, -0.2) is 4.98 Å². The number of carbonyl (C=O) groups excluding carboxylic acids is 1. The normalized spacial score (nSPS) is 12.2. The number of hydrogen-bond donors (Lipinski definition) is 2. The van der Waals surface area contributed by atoms with Crippen LogP contribution in [0.3, 0.4) is 0 Å². The van der Waals surface area contributed by atoms with Crippen LogP contribution in [0.2, 0.25) is 0 Å². The van der Waals surface area contributed by atoms with Gasteiger partial charge in [0.15, 0.2) is 5.82 Å². The highest BCUT2D eigenvalue weighted by Gasteiger charge is 2.27. The number of H-pyrrole nitrogens is 1. The van der Waals surface area contributed by atoms with Crippen LogP contribution < -0.4 is 16.2 Å². The van der Waals surface area contributed by atoms with Gasteiger partial charge in [0.25, 0.3) is 11.5 Å². The van der Waals surface area contributed by atoms with Crippen LogP contribution in [0, 0.1) is 0 Å². The molecule has 0 aliphatic rings. The number of amides is 1. The van der Waals surface area contributed by atoms with Crippen molar-refractivity contribution in [1.82, 2.24) is 25.5 Å². The van der Waals surface area contributed by atoms with Crippen LogP contribution in [0.5, 0.6) is 0 Å². The van der Waals surface area contributed by atoms with E-state index >= 15 is 0 Å². The molecule has 2 aromatic carbocycles. The van der Waals surface area contributed by atoms with Crippen LogP contribution in [-0.2, 0) is 13.6 Å². The van der Waals surface area contributed by atoms with Gasteiger partial charge in [0.1, 0.15) is 11.3 Å². The predicted molar refractivity (Wildman–Crippen MR) is 139 cm³/mol. The zero-order valence-corrected chi connectivity index (χ0v) is 21.2. The Balaban J connectivity index is 1.64. The number of rotatable bonds is 10. The summed E-state index contributed by atoms with van der Waals surface area (Å²) in [5.74, 6) is -0.399. The molecule has 2 heterocycles. The molecule has 0 spiro atoms. The first-order valence-corrected chi connectivity index (χ1v) is 13.2. The van der Waals surface area contributed by atoms with Crippen molar-refractivity contribution >= 4 is 18.8 Å². The zero-order chi connectivity index (χ0) is 26.3. The minimum absolute atomic E-state index is 0.151. The third-order valence-corrected chi connectivity index (χ3v) is 7.53. The molecule has 1 atom stereocenters. The summed E-state index contributed by atoms with van der Waals surface area (Å²) in [4.78, 5) is 32.7. The molecular weight excluding hydrogens is 493 g/mol. The van der Waals surface area contributed by atoms with Crippen molar-refractivity contribution in [3.8, 4) is 11.5 Å². The van der Waals surface area contributed by atoms with E-state index in [2.05, 4.69) is 25.5 Å². The maximum absolute atomic E-state index is 13.2. The fourth-order valence-corrected chi connectivity index (χ4v) is 5.27. The van der Waals surface area contributed by atoms with Gasteiger partial charge in [0.2, 0.25) is 0 Å². The molecule has 0 bridgehead atoms. The zero-order valence-electron chi connectivity index (χ0n) is 20.3. The van der Waals surface area contributed by atoms with Crippen molar-refractivity contribution in [3.63, 3.8) is 0 Å². The van der Waals surface area contributed by atoms with Gasteiger partial charge in [-0.1, -0.05) is 42.5 Å². The topological polar surface area (TPSA) is 136 Å². The van der Waals surface area contributed by atoms with E-state index in [9.17, 15) is 14.2 Å². The van der Waals surface area contributed by atoms with E-state index in [0.717, 1.165) is 5.56 Å². The Hall–Kier alpha value is -3.98. The molecule has 0 saturated heterocycles. The van der Waals surface area contributed by atoms with Crippen molar-refractivity contribution in [3.05, 3.63) is 106 Å². The first kappa shape index (κ1) is 26.1. The number of nitrogens with zero attached hydrogens (tertiary/aromatic N) is 3. The summed E-state index contributed by atoms with van der Waals surface area (Å²) in [7, 11) is -3.46. The average Bonchev–Trinajstić information content (AvgIpc) is 2.93. The second-order valence-corrected chi connectivity index (χ2v) is 9.85. The Bertz CT molecular complexity index is 1440. The third-order valence-electron chi connectivity index (χ3n) is 5.41. The molecule has 0 fully saturated rings. The van der Waals surface area contributed by atoms with E-state index in [4.69, 9.17) is 9.05 Å². The number of aromatic nitrogens is 4. The number of benzene rings is 2. The lowest BCUT2D eigenvalue weighted by molar-refractivity contribution is 0.0941. The Morgan fingerprint density at radius 3 is 2.24 bits per heavy atom. The summed E-state index contributed by atoms with van der Waals surface area (Å²) in [6.45, 7) is 3.97. The molecule has 10 nitrogen and oxygen atoms in total. The van der Waals surface area contributed by atoms with Gasteiger partial charge in [0.05, 0.1) is 24.6 Å². The summed E-state index contributed by atoms with van der Waals surface area (Å²) in [6, 6.07) is 18.8. The molecule has 190 valence electrons. The van der Waals surface area contributed by atoms with Gasteiger partial charge in [-0.3, -0.25) is 14.2 Å². The van der Waals surface area contributed by atoms with Crippen molar-refractivity contribution in [2.24, 2.45) is 0 Å². The molecule has 0 saturated carbocycles. The molecule has 2 N–H and O–H groups in total. The van der Waals surface area contributed by atoms with Gasteiger partial charge in [-0.15, -0.1) is 5.10 Å². The Kier molecular flexibility index (Phi) is 8.35. The molecular formula is C26H26N5O5P. The smallest absolute Gasteiger partial charge is 0.341 e. The van der Waals surface area contributed by atoms with Crippen LogP contribution in [0.15, 0.2) is 83.9 Å². The summed E-state index contributed by atoms with van der Waals surface area (Å²) in [5, 5.41) is 11.0. The van der Waals surface area contributed by atoms with Gasteiger partial charge < -0.3 is 19.3 Å². The van der Waals surface area contributed by atoms with E-state index in [-0.39, 0.29) is 24.6 Å². The highest BCUT2D eigenvalue weighted by molar-refractivity contribution is 7.62. The van der Waals surface area contributed by atoms with Gasteiger partial charge in [0, 0.05) is 12.4 Å². The molecule has 1 unspecified atom stereocenters. The fourth-order valence-electron chi connectivity index (χ4n) is 3.70. The lowest BCUT2D eigenvalue weighted by Crippen LogP contribution is -2.33. The summed E-state index contributed by atoms with van der Waals surface area (Å²) in [6.07, 6.45) is 2.72. The molecule has 0 aliphatic heterocycles. The molecule has 0 aliphatic carbocycles. The van der Waals surface area contributed by atoms with Gasteiger partial charge in [-0.2, -0.15) is 5.10 Å². The Morgan fingerprint density at radius 2 is 1.65 bits per heavy atom. The monoisotopic (exact) mass is 519 g/mol. The summed E-state index contributed by atoms with van der Waals surface area (Å²) < 4.78 is 24.0. The van der Waals surface area contributed by atoms with Crippen molar-refractivity contribution in [2.75, 3.05) is 13.2 Å². The Morgan fingerprint density at radius 1 is 0.973 bits per heavy atom. The first-order chi connectivity index (χ1) is 17.9. The quantitative estimate of drug-likeness (QED) is 0.303.